The first-order chi connectivity index (χ1) is 9.67. The lowest BCUT2D eigenvalue weighted by Crippen LogP contribution is -2.56. The van der Waals surface area contributed by atoms with Gasteiger partial charge in [0, 0.05) is 12.0 Å². The first kappa shape index (κ1) is 17.2. The summed E-state index contributed by atoms with van der Waals surface area (Å²) in [6.07, 6.45) is 1.99. The van der Waals surface area contributed by atoms with Crippen LogP contribution >= 0.6 is 0 Å². The Kier molecular flexibility index (Phi) is 5.53. The van der Waals surface area contributed by atoms with E-state index in [-0.39, 0.29) is 5.91 Å². The van der Waals surface area contributed by atoms with Gasteiger partial charge in [0.25, 0.3) is 0 Å². The smallest absolute Gasteiger partial charge is 0.311 e. The topological polar surface area (TPSA) is 66.4 Å². The van der Waals surface area contributed by atoms with Crippen molar-refractivity contribution in [3.05, 3.63) is 35.9 Å². The van der Waals surface area contributed by atoms with Crippen LogP contribution in [0.2, 0.25) is 0 Å². The summed E-state index contributed by atoms with van der Waals surface area (Å²) in [6, 6.07) is 10.00. The second kappa shape index (κ2) is 6.74. The summed E-state index contributed by atoms with van der Waals surface area (Å²) >= 11 is 0. The molecule has 0 atom stereocenters. The lowest BCUT2D eigenvalue weighted by atomic mass is 9.74. The van der Waals surface area contributed by atoms with Gasteiger partial charge in [0.2, 0.25) is 5.91 Å². The zero-order valence-corrected chi connectivity index (χ0v) is 13.3. The molecule has 0 radical (unpaired) electrons. The zero-order chi connectivity index (χ0) is 16.1. The molecule has 0 heterocycles. The second-order valence-electron chi connectivity index (χ2n) is 6.44. The first-order valence-corrected chi connectivity index (χ1v) is 7.25. The minimum Gasteiger partial charge on any atom is -0.481 e. The average Bonchev–Trinajstić information content (AvgIpc) is 2.38. The van der Waals surface area contributed by atoms with Crippen molar-refractivity contribution in [2.75, 3.05) is 0 Å². The lowest BCUT2D eigenvalue weighted by molar-refractivity contribution is -0.151. The average molecular weight is 291 g/mol. The summed E-state index contributed by atoms with van der Waals surface area (Å²) in [4.78, 5) is 23.3. The van der Waals surface area contributed by atoms with Crippen molar-refractivity contribution < 1.29 is 14.7 Å². The van der Waals surface area contributed by atoms with Gasteiger partial charge < -0.3 is 10.4 Å². The van der Waals surface area contributed by atoms with E-state index in [2.05, 4.69) is 5.32 Å². The van der Waals surface area contributed by atoms with Crippen molar-refractivity contribution in [1.29, 1.82) is 0 Å². The van der Waals surface area contributed by atoms with Crippen LogP contribution in [0.4, 0.5) is 0 Å². The molecule has 1 amide bonds. The maximum absolute atomic E-state index is 12.0. The van der Waals surface area contributed by atoms with Crippen molar-refractivity contribution in [3.8, 4) is 0 Å². The Balaban J connectivity index is 2.48. The van der Waals surface area contributed by atoms with Crippen molar-refractivity contribution in [1.82, 2.24) is 5.32 Å². The Bertz CT molecular complexity index is 492. The van der Waals surface area contributed by atoms with Gasteiger partial charge in [0.1, 0.15) is 0 Å². The van der Waals surface area contributed by atoms with Crippen LogP contribution in [0.5, 0.6) is 0 Å². The molecule has 0 aromatic heterocycles. The normalized spacial score (nSPS) is 12.0. The summed E-state index contributed by atoms with van der Waals surface area (Å²) in [6.45, 7) is 6.74. The Hall–Kier alpha value is -1.84. The Morgan fingerprint density at radius 3 is 2.19 bits per heavy atom. The standard InChI is InChI=1S/C17H25NO3/c1-16(2,15(20)21)17(3,4)18-14(19)12-8-11-13-9-6-5-7-10-13/h5-7,9-10H,8,11-12H2,1-4H3,(H,18,19)(H,20,21). The zero-order valence-electron chi connectivity index (χ0n) is 13.3. The quantitative estimate of drug-likeness (QED) is 0.811. The molecule has 0 aliphatic heterocycles. The highest BCUT2D eigenvalue weighted by molar-refractivity contribution is 5.80. The third-order valence-electron chi connectivity index (χ3n) is 4.26. The van der Waals surface area contributed by atoms with E-state index in [4.69, 9.17) is 0 Å². The summed E-state index contributed by atoms with van der Waals surface area (Å²) in [7, 11) is 0. The van der Waals surface area contributed by atoms with Gasteiger partial charge in [-0.2, -0.15) is 0 Å². The number of rotatable bonds is 7. The molecule has 2 N–H and O–H groups in total. The molecule has 0 saturated carbocycles. The molecule has 0 fully saturated rings. The molecule has 4 nitrogen and oxygen atoms in total. The van der Waals surface area contributed by atoms with Crippen molar-refractivity contribution in [2.45, 2.75) is 52.5 Å². The van der Waals surface area contributed by atoms with Gasteiger partial charge in [-0.1, -0.05) is 30.3 Å². The Morgan fingerprint density at radius 2 is 1.67 bits per heavy atom. The number of hydrogen-bond donors (Lipinski definition) is 2. The largest absolute Gasteiger partial charge is 0.481 e. The van der Waals surface area contributed by atoms with Gasteiger partial charge in [-0.25, -0.2) is 0 Å². The van der Waals surface area contributed by atoms with Crippen molar-refractivity contribution >= 4 is 11.9 Å². The fourth-order valence-electron chi connectivity index (χ4n) is 1.93. The number of hydrogen-bond acceptors (Lipinski definition) is 2. The minimum absolute atomic E-state index is 0.106. The molecule has 4 heteroatoms. The maximum Gasteiger partial charge on any atom is 0.311 e. The van der Waals surface area contributed by atoms with Crippen LogP contribution in [0.3, 0.4) is 0 Å². The highest BCUT2D eigenvalue weighted by atomic mass is 16.4. The highest BCUT2D eigenvalue weighted by Gasteiger charge is 2.44. The molecule has 1 aromatic carbocycles. The van der Waals surface area contributed by atoms with Gasteiger partial charge in [-0.05, 0) is 46.1 Å². The number of amides is 1. The van der Waals surface area contributed by atoms with E-state index in [9.17, 15) is 14.7 Å². The molecule has 0 aliphatic carbocycles. The molecule has 1 rings (SSSR count). The van der Waals surface area contributed by atoms with Gasteiger partial charge in [-0.15, -0.1) is 0 Å². The summed E-state index contributed by atoms with van der Waals surface area (Å²) in [5.41, 5.74) is -0.625. The van der Waals surface area contributed by atoms with Crippen LogP contribution in [0, 0.1) is 5.41 Å². The maximum atomic E-state index is 12.0. The van der Waals surface area contributed by atoms with Crippen LogP contribution in [0.15, 0.2) is 30.3 Å². The third kappa shape index (κ3) is 4.59. The Morgan fingerprint density at radius 1 is 1.10 bits per heavy atom. The molecular weight excluding hydrogens is 266 g/mol. The van der Waals surface area contributed by atoms with E-state index >= 15 is 0 Å². The van der Waals surface area contributed by atoms with E-state index in [1.807, 2.05) is 30.3 Å². The molecule has 116 valence electrons. The fraction of sp³-hybridized carbons (Fsp3) is 0.529. The number of carbonyl (C=O) groups is 2. The van der Waals surface area contributed by atoms with Crippen molar-refractivity contribution in [2.24, 2.45) is 5.41 Å². The number of aryl methyl sites for hydroxylation is 1. The summed E-state index contributed by atoms with van der Waals surface area (Å²) in [5.74, 6) is -1.03. The van der Waals surface area contributed by atoms with E-state index in [1.54, 1.807) is 27.7 Å². The number of aliphatic carboxylic acids is 1. The number of nitrogens with one attached hydrogen (secondary N) is 1. The summed E-state index contributed by atoms with van der Waals surface area (Å²) < 4.78 is 0. The number of carbonyl (C=O) groups excluding carboxylic acids is 1. The lowest BCUT2D eigenvalue weighted by Gasteiger charge is -2.38. The van der Waals surface area contributed by atoms with E-state index in [1.165, 1.54) is 5.56 Å². The SMILES string of the molecule is CC(C)(NC(=O)CCCc1ccccc1)C(C)(C)C(=O)O. The predicted molar refractivity (Wildman–Crippen MR) is 83.0 cm³/mol. The number of benzene rings is 1. The van der Waals surface area contributed by atoms with E-state index in [0.29, 0.717) is 6.42 Å². The molecular formula is C17H25NO3. The van der Waals surface area contributed by atoms with E-state index in [0.717, 1.165) is 12.8 Å². The van der Waals surface area contributed by atoms with Crippen LogP contribution in [-0.4, -0.2) is 22.5 Å². The second-order valence-corrected chi connectivity index (χ2v) is 6.44. The van der Waals surface area contributed by atoms with Gasteiger partial charge >= 0.3 is 5.97 Å². The Labute approximate surface area is 126 Å². The fourth-order valence-corrected chi connectivity index (χ4v) is 1.93. The molecule has 0 bridgehead atoms. The molecule has 0 unspecified atom stereocenters. The van der Waals surface area contributed by atoms with Crippen LogP contribution in [0.1, 0.15) is 46.1 Å². The van der Waals surface area contributed by atoms with Gasteiger partial charge in [0.15, 0.2) is 0 Å². The minimum atomic E-state index is -1.03. The first-order valence-electron chi connectivity index (χ1n) is 7.25. The molecule has 1 aromatic rings. The van der Waals surface area contributed by atoms with Crippen LogP contribution in [0.25, 0.3) is 0 Å². The number of carboxylic acid groups (broad SMARTS) is 1. The predicted octanol–water partition coefficient (Wildman–Crippen LogP) is 3.01. The molecule has 0 aliphatic rings. The van der Waals surface area contributed by atoms with Gasteiger partial charge in [-0.3, -0.25) is 9.59 Å². The molecule has 0 saturated heterocycles. The van der Waals surface area contributed by atoms with Crippen LogP contribution in [-0.2, 0) is 16.0 Å². The monoisotopic (exact) mass is 291 g/mol. The molecule has 0 spiro atoms. The summed E-state index contributed by atoms with van der Waals surface area (Å²) in [5, 5.41) is 12.1. The number of carboxylic acids is 1. The molecule has 21 heavy (non-hydrogen) atoms. The third-order valence-corrected chi connectivity index (χ3v) is 4.26. The van der Waals surface area contributed by atoms with E-state index < -0.39 is 16.9 Å². The van der Waals surface area contributed by atoms with Crippen molar-refractivity contribution in [3.63, 3.8) is 0 Å². The van der Waals surface area contributed by atoms with Gasteiger partial charge in [0.05, 0.1) is 5.41 Å². The van der Waals surface area contributed by atoms with Crippen LogP contribution < -0.4 is 5.32 Å². The highest BCUT2D eigenvalue weighted by Crippen LogP contribution is 2.30.